The Hall–Kier alpha value is -2.44. The molecule has 150 valence electrons. The Morgan fingerprint density at radius 1 is 1.57 bits per heavy atom. The number of ether oxygens (including phenoxy) is 2. The van der Waals surface area contributed by atoms with Gasteiger partial charge in [0.25, 0.3) is 11.6 Å². The molecule has 3 heterocycles. The molecule has 1 fully saturated rings. The van der Waals surface area contributed by atoms with E-state index in [2.05, 4.69) is 10.5 Å². The van der Waals surface area contributed by atoms with E-state index in [9.17, 15) is 19.5 Å². The number of carbonyl (C=O) groups is 3. The van der Waals surface area contributed by atoms with E-state index in [1.165, 1.54) is 32.1 Å². The first-order chi connectivity index (χ1) is 13.3. The van der Waals surface area contributed by atoms with Crippen LogP contribution in [0.5, 0.6) is 0 Å². The Kier molecular flexibility index (Phi) is 5.72. The lowest BCUT2D eigenvalue weighted by Crippen LogP contribution is -2.80. The van der Waals surface area contributed by atoms with Crippen molar-refractivity contribution in [1.82, 2.24) is 15.4 Å². The van der Waals surface area contributed by atoms with Gasteiger partial charge in [-0.2, -0.15) is 0 Å². The highest BCUT2D eigenvalue weighted by molar-refractivity contribution is 8.00. The molecule has 0 aromatic carbocycles. The number of thioether (sulfide) groups is 1. The van der Waals surface area contributed by atoms with Crippen LogP contribution in [0.3, 0.4) is 0 Å². The summed E-state index contributed by atoms with van der Waals surface area (Å²) >= 11 is 6.59. The molecule has 12 heteroatoms. The number of hydrogen-bond donors (Lipinski definition) is 2. The number of nitrogens with one attached hydrogen (secondary N) is 1. The van der Waals surface area contributed by atoms with Gasteiger partial charge in [0.15, 0.2) is 0 Å². The molecule has 2 atom stereocenters. The summed E-state index contributed by atoms with van der Waals surface area (Å²) in [6.45, 7) is 1.03. The highest BCUT2D eigenvalue weighted by Crippen LogP contribution is 2.46. The zero-order valence-corrected chi connectivity index (χ0v) is 16.6. The third-order valence-corrected chi connectivity index (χ3v) is 5.86. The summed E-state index contributed by atoms with van der Waals surface area (Å²) in [4.78, 5) is 37.2. The molecule has 1 saturated heterocycles. The summed E-state index contributed by atoms with van der Waals surface area (Å²) in [5.74, 6) is -2.15. The van der Waals surface area contributed by atoms with Gasteiger partial charge < -0.3 is 24.4 Å². The molecule has 0 spiro atoms. The minimum Gasteiger partial charge on any atom is -0.477 e. The number of methoxy groups -OCH3 is 1. The maximum absolute atomic E-state index is 12.9. The standard InChI is InChI=1S/C16H17N3O7S2/c1-8(20)25-6-9-7-28-15-16(24-2,14(23)19(15)12(9)13(21)22)17-11(27)5-10-3-4-26-18-10/h3-4,15H,5-7H2,1-2H3,(H,17,27)(H,21,22)/t15-,16-/m0/s1. The van der Waals surface area contributed by atoms with Gasteiger partial charge >= 0.3 is 11.9 Å². The lowest BCUT2D eigenvalue weighted by molar-refractivity contribution is -0.187. The molecule has 1 aromatic rings. The first-order valence-corrected chi connectivity index (χ1v) is 9.55. The fourth-order valence-electron chi connectivity index (χ4n) is 2.99. The number of β-lactam (4-membered cyclic amide) rings is 1. The Bertz CT molecular complexity index is 854. The van der Waals surface area contributed by atoms with Crippen molar-refractivity contribution in [2.45, 2.75) is 24.4 Å². The summed E-state index contributed by atoms with van der Waals surface area (Å²) in [6, 6.07) is 1.64. The molecule has 0 saturated carbocycles. The molecule has 10 nitrogen and oxygen atoms in total. The molecular weight excluding hydrogens is 410 g/mol. The SMILES string of the molecule is CO[C@@]1(NC(=S)Cc2ccon2)C(=O)N2C(C(=O)O)=C(COC(C)=O)CS[C@H]21. The second kappa shape index (κ2) is 7.89. The number of esters is 1. The number of aromatic nitrogens is 1. The zero-order valence-electron chi connectivity index (χ0n) is 15.0. The fraction of sp³-hybridized carbons (Fsp3) is 0.438. The van der Waals surface area contributed by atoms with Gasteiger partial charge in [0.2, 0.25) is 0 Å². The van der Waals surface area contributed by atoms with E-state index in [-0.39, 0.29) is 24.5 Å². The highest BCUT2D eigenvalue weighted by Gasteiger charge is 2.66. The van der Waals surface area contributed by atoms with Crippen LogP contribution in [0.15, 0.2) is 28.1 Å². The highest BCUT2D eigenvalue weighted by atomic mass is 32.2. The normalized spacial score (nSPS) is 23.7. The number of carboxylic acid groups (broad SMARTS) is 1. The average Bonchev–Trinajstić information content (AvgIpc) is 3.15. The lowest BCUT2D eigenvalue weighted by Gasteiger charge is -2.56. The molecule has 1 amide bonds. The minimum absolute atomic E-state index is 0.196. The van der Waals surface area contributed by atoms with Gasteiger partial charge in [0.05, 0.1) is 10.7 Å². The van der Waals surface area contributed by atoms with Crippen LogP contribution >= 0.6 is 24.0 Å². The molecular formula is C16H17N3O7S2. The first kappa shape index (κ1) is 20.3. The van der Waals surface area contributed by atoms with Crippen molar-refractivity contribution in [2.24, 2.45) is 0 Å². The van der Waals surface area contributed by atoms with Gasteiger partial charge in [-0.25, -0.2) is 4.79 Å². The van der Waals surface area contributed by atoms with E-state index in [1.807, 2.05) is 0 Å². The van der Waals surface area contributed by atoms with Gasteiger partial charge in [-0.05, 0) is 0 Å². The second-order valence-electron chi connectivity index (χ2n) is 6.03. The Morgan fingerprint density at radius 3 is 2.89 bits per heavy atom. The summed E-state index contributed by atoms with van der Waals surface area (Å²) in [6.07, 6.45) is 1.65. The van der Waals surface area contributed by atoms with E-state index in [0.717, 1.165) is 4.90 Å². The summed E-state index contributed by atoms with van der Waals surface area (Å²) < 4.78 is 15.1. The molecule has 0 radical (unpaired) electrons. The Labute approximate surface area is 169 Å². The van der Waals surface area contributed by atoms with Crippen LogP contribution in [-0.4, -0.2) is 68.6 Å². The van der Waals surface area contributed by atoms with Crippen molar-refractivity contribution in [1.29, 1.82) is 0 Å². The number of aliphatic carboxylic acids is 1. The van der Waals surface area contributed by atoms with Gasteiger partial charge in [-0.1, -0.05) is 17.4 Å². The summed E-state index contributed by atoms with van der Waals surface area (Å²) in [5.41, 5.74) is -0.767. The number of carboxylic acids is 1. The molecule has 2 aliphatic rings. The van der Waals surface area contributed by atoms with Crippen molar-refractivity contribution in [3.8, 4) is 0 Å². The molecule has 0 unspecified atom stereocenters. The first-order valence-electron chi connectivity index (χ1n) is 8.09. The van der Waals surface area contributed by atoms with Gasteiger partial charge in [0.1, 0.15) is 23.9 Å². The van der Waals surface area contributed by atoms with Gasteiger partial charge in [-0.3, -0.25) is 14.5 Å². The average molecular weight is 427 g/mol. The van der Waals surface area contributed by atoms with Gasteiger partial charge in [-0.15, -0.1) is 11.8 Å². The van der Waals surface area contributed by atoms with Crippen molar-refractivity contribution in [3.05, 3.63) is 29.3 Å². The maximum atomic E-state index is 12.9. The quantitative estimate of drug-likeness (QED) is 0.269. The molecule has 2 N–H and O–H groups in total. The monoisotopic (exact) mass is 427 g/mol. The number of nitrogens with zero attached hydrogens (tertiary/aromatic N) is 2. The van der Waals surface area contributed by atoms with E-state index >= 15 is 0 Å². The van der Waals surface area contributed by atoms with Crippen LogP contribution < -0.4 is 5.32 Å². The number of hydrogen-bond acceptors (Lipinski definition) is 9. The molecule has 0 bridgehead atoms. The third kappa shape index (κ3) is 3.50. The number of rotatable bonds is 7. The van der Waals surface area contributed by atoms with Crippen molar-refractivity contribution in [3.63, 3.8) is 0 Å². The van der Waals surface area contributed by atoms with Crippen molar-refractivity contribution < 1.29 is 33.5 Å². The van der Waals surface area contributed by atoms with Crippen LogP contribution in [0.4, 0.5) is 0 Å². The smallest absolute Gasteiger partial charge is 0.352 e. The number of fused-ring (bicyclic) bond motifs is 1. The second-order valence-corrected chi connectivity index (χ2v) is 7.59. The van der Waals surface area contributed by atoms with E-state index in [0.29, 0.717) is 16.3 Å². The molecule has 3 rings (SSSR count). The zero-order chi connectivity index (χ0) is 20.5. The number of carbonyl (C=O) groups excluding carboxylic acids is 2. The Balaban J connectivity index is 1.81. The van der Waals surface area contributed by atoms with Crippen LogP contribution in [0, 0.1) is 0 Å². The van der Waals surface area contributed by atoms with Crippen molar-refractivity contribution >= 4 is 46.8 Å². The largest absolute Gasteiger partial charge is 0.477 e. The predicted molar refractivity (Wildman–Crippen MR) is 100 cm³/mol. The minimum atomic E-state index is -1.49. The van der Waals surface area contributed by atoms with Crippen LogP contribution in [-0.2, 0) is 30.3 Å². The predicted octanol–water partition coefficient (Wildman–Crippen LogP) is 0.294. The molecule has 1 aromatic heterocycles. The Morgan fingerprint density at radius 2 is 2.32 bits per heavy atom. The van der Waals surface area contributed by atoms with Crippen LogP contribution in [0.1, 0.15) is 12.6 Å². The van der Waals surface area contributed by atoms with Gasteiger partial charge in [0, 0.05) is 37.8 Å². The maximum Gasteiger partial charge on any atom is 0.352 e. The topological polar surface area (TPSA) is 131 Å². The number of amides is 1. The fourth-order valence-corrected chi connectivity index (χ4v) is 4.71. The summed E-state index contributed by atoms with van der Waals surface area (Å²) in [7, 11) is 1.35. The van der Waals surface area contributed by atoms with E-state index < -0.39 is 28.9 Å². The summed E-state index contributed by atoms with van der Waals surface area (Å²) in [5, 5.41) is 15.6. The van der Waals surface area contributed by atoms with E-state index in [4.69, 9.17) is 26.2 Å². The van der Waals surface area contributed by atoms with E-state index in [1.54, 1.807) is 6.07 Å². The van der Waals surface area contributed by atoms with Crippen LogP contribution in [0.25, 0.3) is 0 Å². The van der Waals surface area contributed by atoms with Crippen LogP contribution in [0.2, 0.25) is 0 Å². The number of thiocarbonyl (C=S) groups is 1. The molecule has 28 heavy (non-hydrogen) atoms. The van der Waals surface area contributed by atoms with Crippen molar-refractivity contribution in [2.75, 3.05) is 19.5 Å². The molecule has 2 aliphatic heterocycles. The lowest BCUT2D eigenvalue weighted by atomic mass is 9.98. The molecule has 0 aliphatic carbocycles. The third-order valence-electron chi connectivity index (χ3n) is 4.24.